The molecule has 4 rings (SSSR count). The van der Waals surface area contributed by atoms with Crippen LogP contribution in [0.5, 0.6) is 0 Å². The molecule has 0 N–H and O–H groups in total. The van der Waals surface area contributed by atoms with Gasteiger partial charge in [-0.25, -0.2) is 4.98 Å². The van der Waals surface area contributed by atoms with Gasteiger partial charge in [0.25, 0.3) is 0 Å². The zero-order chi connectivity index (χ0) is 13.5. The lowest BCUT2D eigenvalue weighted by atomic mass is 10.1. The van der Waals surface area contributed by atoms with Crippen LogP contribution in [-0.2, 0) is 0 Å². The quantitative estimate of drug-likeness (QED) is 0.712. The zero-order valence-corrected chi connectivity index (χ0v) is 11.3. The van der Waals surface area contributed by atoms with E-state index in [4.69, 9.17) is 0 Å². The van der Waals surface area contributed by atoms with Gasteiger partial charge in [-0.3, -0.25) is 9.67 Å². The molecule has 0 unspecified atom stereocenters. The van der Waals surface area contributed by atoms with E-state index in [-0.39, 0.29) is 0 Å². The fourth-order valence-electron chi connectivity index (χ4n) is 2.54. The second-order valence-electron chi connectivity index (χ2n) is 5.27. The summed E-state index contributed by atoms with van der Waals surface area (Å²) in [6, 6.07) is 8.40. The van der Waals surface area contributed by atoms with Gasteiger partial charge in [-0.05, 0) is 24.6 Å². The zero-order valence-electron chi connectivity index (χ0n) is 11.3. The first-order valence-corrected chi connectivity index (χ1v) is 6.77. The van der Waals surface area contributed by atoms with Crippen molar-refractivity contribution in [3.63, 3.8) is 0 Å². The molecule has 0 saturated carbocycles. The van der Waals surface area contributed by atoms with Crippen LogP contribution in [0.4, 0.5) is 5.82 Å². The Hall–Kier alpha value is -2.43. The standard InChI is InChI=1S/C15H15N5/c1-11-6-17-20(8-11)12-9-19(10-12)15-7-16-13-4-2-3-5-14(13)18-15/h2-8,12H,9-10H2,1H3. The van der Waals surface area contributed by atoms with Gasteiger partial charge >= 0.3 is 0 Å². The molecule has 5 nitrogen and oxygen atoms in total. The SMILES string of the molecule is Cc1cnn(C2CN(c3cnc4ccccc4n3)C2)c1. The predicted octanol–water partition coefficient (Wildman–Crippen LogP) is 2.20. The minimum atomic E-state index is 0.442. The molecule has 0 aliphatic carbocycles. The molecule has 1 aliphatic heterocycles. The van der Waals surface area contributed by atoms with Crippen molar-refractivity contribution >= 4 is 16.9 Å². The van der Waals surface area contributed by atoms with Crippen LogP contribution in [0.15, 0.2) is 42.9 Å². The second kappa shape index (κ2) is 4.30. The number of para-hydroxylation sites is 2. The molecular weight excluding hydrogens is 250 g/mol. The van der Waals surface area contributed by atoms with Crippen LogP contribution in [0.25, 0.3) is 11.0 Å². The predicted molar refractivity (Wildman–Crippen MR) is 77.8 cm³/mol. The largest absolute Gasteiger partial charge is 0.351 e. The van der Waals surface area contributed by atoms with Gasteiger partial charge in [0.2, 0.25) is 0 Å². The third kappa shape index (κ3) is 1.82. The fraction of sp³-hybridized carbons (Fsp3) is 0.267. The number of fused-ring (bicyclic) bond motifs is 1. The maximum atomic E-state index is 4.66. The summed E-state index contributed by atoms with van der Waals surface area (Å²) in [4.78, 5) is 11.4. The lowest BCUT2D eigenvalue weighted by Crippen LogP contribution is -2.48. The van der Waals surface area contributed by atoms with E-state index in [1.807, 2.05) is 41.3 Å². The van der Waals surface area contributed by atoms with Gasteiger partial charge in [-0.15, -0.1) is 0 Å². The van der Waals surface area contributed by atoms with Crippen LogP contribution in [0.3, 0.4) is 0 Å². The number of nitrogens with zero attached hydrogens (tertiary/aromatic N) is 5. The first-order valence-electron chi connectivity index (χ1n) is 6.77. The molecule has 1 fully saturated rings. The van der Waals surface area contributed by atoms with E-state index in [9.17, 15) is 0 Å². The average Bonchev–Trinajstić information content (AvgIpc) is 2.83. The summed E-state index contributed by atoms with van der Waals surface area (Å²) in [6.45, 7) is 3.94. The molecule has 0 amide bonds. The first kappa shape index (κ1) is 11.4. The smallest absolute Gasteiger partial charge is 0.147 e. The Morgan fingerprint density at radius 2 is 1.90 bits per heavy atom. The summed E-state index contributed by atoms with van der Waals surface area (Å²) in [7, 11) is 0. The van der Waals surface area contributed by atoms with Gasteiger partial charge < -0.3 is 4.90 Å². The number of aryl methyl sites for hydroxylation is 1. The highest BCUT2D eigenvalue weighted by Gasteiger charge is 2.29. The van der Waals surface area contributed by atoms with E-state index in [1.54, 1.807) is 0 Å². The number of anilines is 1. The minimum Gasteiger partial charge on any atom is -0.351 e. The van der Waals surface area contributed by atoms with Gasteiger partial charge in [0, 0.05) is 19.3 Å². The molecule has 3 heterocycles. The minimum absolute atomic E-state index is 0.442. The van der Waals surface area contributed by atoms with Crippen molar-refractivity contribution in [2.75, 3.05) is 18.0 Å². The molecule has 0 bridgehead atoms. The van der Waals surface area contributed by atoms with Crippen LogP contribution in [0.1, 0.15) is 11.6 Å². The van der Waals surface area contributed by atoms with E-state index < -0.39 is 0 Å². The normalized spacial score (nSPS) is 15.6. The Balaban J connectivity index is 1.54. The van der Waals surface area contributed by atoms with Crippen molar-refractivity contribution < 1.29 is 0 Å². The molecule has 2 aromatic heterocycles. The lowest BCUT2D eigenvalue weighted by Gasteiger charge is -2.39. The molecule has 1 aromatic carbocycles. The molecule has 5 heteroatoms. The van der Waals surface area contributed by atoms with Gasteiger partial charge in [0.05, 0.1) is 29.5 Å². The van der Waals surface area contributed by atoms with Gasteiger partial charge in [-0.2, -0.15) is 5.10 Å². The van der Waals surface area contributed by atoms with E-state index in [0.717, 1.165) is 29.9 Å². The van der Waals surface area contributed by atoms with Crippen molar-refractivity contribution in [3.05, 3.63) is 48.4 Å². The summed E-state index contributed by atoms with van der Waals surface area (Å²) >= 11 is 0. The summed E-state index contributed by atoms with van der Waals surface area (Å²) in [5.41, 5.74) is 3.09. The number of hydrogen-bond donors (Lipinski definition) is 0. The van der Waals surface area contributed by atoms with Gasteiger partial charge in [0.15, 0.2) is 0 Å². The van der Waals surface area contributed by atoms with E-state index in [0.29, 0.717) is 6.04 Å². The Bertz CT molecular complexity index is 758. The van der Waals surface area contributed by atoms with Crippen molar-refractivity contribution in [1.82, 2.24) is 19.7 Å². The Morgan fingerprint density at radius 3 is 2.65 bits per heavy atom. The summed E-state index contributed by atoms with van der Waals surface area (Å²) in [6.07, 6.45) is 5.85. The topological polar surface area (TPSA) is 46.8 Å². The second-order valence-corrected chi connectivity index (χ2v) is 5.27. The Kier molecular flexibility index (Phi) is 2.45. The molecular formula is C15H15N5. The highest BCUT2D eigenvalue weighted by atomic mass is 15.4. The molecule has 0 spiro atoms. The van der Waals surface area contributed by atoms with Crippen LogP contribution in [0.2, 0.25) is 0 Å². The molecule has 0 atom stereocenters. The Labute approximate surface area is 116 Å². The Morgan fingerprint density at radius 1 is 1.10 bits per heavy atom. The van der Waals surface area contributed by atoms with Gasteiger partial charge in [0.1, 0.15) is 5.82 Å². The van der Waals surface area contributed by atoms with Crippen molar-refractivity contribution in [1.29, 1.82) is 0 Å². The number of hydrogen-bond acceptors (Lipinski definition) is 4. The molecule has 100 valence electrons. The number of benzene rings is 1. The van der Waals surface area contributed by atoms with E-state index in [1.165, 1.54) is 5.56 Å². The van der Waals surface area contributed by atoms with Crippen molar-refractivity contribution in [3.8, 4) is 0 Å². The molecule has 1 saturated heterocycles. The van der Waals surface area contributed by atoms with E-state index in [2.05, 4.69) is 33.1 Å². The molecule has 0 radical (unpaired) electrons. The third-order valence-corrected chi connectivity index (χ3v) is 3.73. The molecule has 1 aliphatic rings. The fourth-order valence-corrected chi connectivity index (χ4v) is 2.54. The van der Waals surface area contributed by atoms with Crippen molar-refractivity contribution in [2.45, 2.75) is 13.0 Å². The molecule has 20 heavy (non-hydrogen) atoms. The monoisotopic (exact) mass is 265 g/mol. The summed E-state index contributed by atoms with van der Waals surface area (Å²) in [5.74, 6) is 0.948. The van der Waals surface area contributed by atoms with Crippen molar-refractivity contribution in [2.24, 2.45) is 0 Å². The maximum Gasteiger partial charge on any atom is 0.147 e. The summed E-state index contributed by atoms with van der Waals surface area (Å²) < 4.78 is 2.04. The molecule has 3 aromatic rings. The third-order valence-electron chi connectivity index (χ3n) is 3.73. The summed E-state index contributed by atoms with van der Waals surface area (Å²) in [5, 5.41) is 4.37. The van der Waals surface area contributed by atoms with Crippen LogP contribution >= 0.6 is 0 Å². The number of aromatic nitrogens is 4. The highest BCUT2D eigenvalue weighted by Crippen LogP contribution is 2.26. The van der Waals surface area contributed by atoms with Crippen LogP contribution < -0.4 is 4.90 Å². The van der Waals surface area contributed by atoms with Crippen LogP contribution in [0, 0.1) is 6.92 Å². The average molecular weight is 265 g/mol. The lowest BCUT2D eigenvalue weighted by molar-refractivity contribution is 0.366. The van der Waals surface area contributed by atoms with E-state index >= 15 is 0 Å². The van der Waals surface area contributed by atoms with Gasteiger partial charge in [-0.1, -0.05) is 12.1 Å². The highest BCUT2D eigenvalue weighted by molar-refractivity contribution is 5.75. The van der Waals surface area contributed by atoms with Crippen LogP contribution in [-0.4, -0.2) is 32.8 Å². The number of rotatable bonds is 2. The first-order chi connectivity index (χ1) is 9.79. The maximum absolute atomic E-state index is 4.66.